The third-order valence-electron chi connectivity index (χ3n) is 4.76. The largest absolute Gasteiger partial charge is 0.476 e. The van der Waals surface area contributed by atoms with Gasteiger partial charge in [0.05, 0.1) is 12.2 Å². The molecule has 0 atom stereocenters. The fourth-order valence-corrected chi connectivity index (χ4v) is 3.32. The number of rotatable bonds is 7. The summed E-state index contributed by atoms with van der Waals surface area (Å²) in [6.45, 7) is 4.57. The Hall–Kier alpha value is -3.42. The van der Waals surface area contributed by atoms with Crippen LogP contribution in [0.25, 0.3) is 11.3 Å². The number of aromatic nitrogens is 4. The molecule has 150 valence electrons. The Morgan fingerprint density at radius 2 is 1.97 bits per heavy atom. The quantitative estimate of drug-likeness (QED) is 0.600. The number of benzene rings is 1. The lowest BCUT2D eigenvalue weighted by atomic mass is 10.1. The van der Waals surface area contributed by atoms with Gasteiger partial charge in [0.1, 0.15) is 23.9 Å². The van der Waals surface area contributed by atoms with Gasteiger partial charge in [-0.3, -0.25) is 9.89 Å². The van der Waals surface area contributed by atoms with E-state index in [0.29, 0.717) is 30.5 Å². The minimum absolute atomic E-state index is 0.222. The van der Waals surface area contributed by atoms with Crippen molar-refractivity contribution in [2.75, 3.05) is 31.1 Å². The lowest BCUT2D eigenvalue weighted by Gasteiger charge is -2.17. The van der Waals surface area contributed by atoms with Crippen molar-refractivity contribution in [3.63, 3.8) is 0 Å². The summed E-state index contributed by atoms with van der Waals surface area (Å²) in [4.78, 5) is 23.4. The van der Waals surface area contributed by atoms with Gasteiger partial charge >= 0.3 is 0 Å². The third kappa shape index (κ3) is 4.71. The van der Waals surface area contributed by atoms with Crippen molar-refractivity contribution >= 4 is 11.7 Å². The van der Waals surface area contributed by atoms with Crippen LogP contribution in [0.5, 0.6) is 5.88 Å². The first-order valence-corrected chi connectivity index (χ1v) is 9.81. The molecule has 1 amide bonds. The first-order valence-electron chi connectivity index (χ1n) is 9.81. The highest BCUT2D eigenvalue weighted by atomic mass is 16.5. The van der Waals surface area contributed by atoms with Crippen molar-refractivity contribution in [2.24, 2.45) is 0 Å². The zero-order valence-electron chi connectivity index (χ0n) is 16.4. The van der Waals surface area contributed by atoms with E-state index in [2.05, 4.69) is 30.4 Å². The number of carbonyl (C=O) groups excluding carboxylic acids is 1. The van der Waals surface area contributed by atoms with Crippen molar-refractivity contribution in [3.05, 3.63) is 54.0 Å². The van der Waals surface area contributed by atoms with Gasteiger partial charge in [-0.25, -0.2) is 4.98 Å². The molecule has 3 heterocycles. The maximum Gasteiger partial charge on any atom is 0.269 e. The van der Waals surface area contributed by atoms with Crippen molar-refractivity contribution in [3.8, 4) is 17.1 Å². The van der Waals surface area contributed by atoms with Crippen molar-refractivity contribution < 1.29 is 9.53 Å². The van der Waals surface area contributed by atoms with Gasteiger partial charge in [0.25, 0.3) is 5.91 Å². The predicted molar refractivity (Wildman–Crippen MR) is 110 cm³/mol. The molecule has 1 aliphatic rings. The molecule has 3 aromatic rings. The van der Waals surface area contributed by atoms with Crippen LogP contribution in [0.3, 0.4) is 0 Å². The van der Waals surface area contributed by atoms with Gasteiger partial charge in [-0.1, -0.05) is 30.3 Å². The second-order valence-electron chi connectivity index (χ2n) is 6.94. The third-order valence-corrected chi connectivity index (χ3v) is 4.76. The summed E-state index contributed by atoms with van der Waals surface area (Å²) in [5.41, 5.74) is 2.11. The molecule has 0 unspecified atom stereocenters. The second kappa shape index (κ2) is 8.72. The molecule has 1 aromatic carbocycles. The van der Waals surface area contributed by atoms with Crippen LogP contribution in [0.15, 0.2) is 42.5 Å². The normalized spacial score (nSPS) is 13.5. The van der Waals surface area contributed by atoms with Crippen LogP contribution in [-0.4, -0.2) is 52.3 Å². The molecular formula is C21H24N6O2. The van der Waals surface area contributed by atoms with Gasteiger partial charge in [-0.15, -0.1) is 0 Å². The number of nitrogens with one attached hydrogen (secondary N) is 2. The fraction of sp³-hybridized carbons (Fsp3) is 0.333. The number of nitrogens with zero attached hydrogens (tertiary/aromatic N) is 4. The minimum atomic E-state index is -0.222. The predicted octanol–water partition coefficient (Wildman–Crippen LogP) is 2.58. The Morgan fingerprint density at radius 1 is 1.17 bits per heavy atom. The van der Waals surface area contributed by atoms with Crippen LogP contribution >= 0.6 is 0 Å². The summed E-state index contributed by atoms with van der Waals surface area (Å²) in [7, 11) is 0. The highest BCUT2D eigenvalue weighted by Gasteiger charge is 2.15. The van der Waals surface area contributed by atoms with E-state index in [4.69, 9.17) is 4.74 Å². The SMILES string of the molecule is Cc1nc(OCCNC(=O)c2cc(-c3ccccc3)n[nH]2)cc(N2CCCC2)n1. The highest BCUT2D eigenvalue weighted by Crippen LogP contribution is 2.21. The standard InChI is InChI=1S/C21H24N6O2/c1-15-23-19(27-10-5-6-11-27)14-20(24-15)29-12-9-22-21(28)18-13-17(25-26-18)16-7-3-2-4-8-16/h2-4,7-8,13-14H,5-6,9-12H2,1H3,(H,22,28)(H,25,26). The molecule has 4 rings (SSSR count). The molecule has 8 heteroatoms. The number of carbonyl (C=O) groups is 1. The first kappa shape index (κ1) is 18.9. The van der Waals surface area contributed by atoms with Crippen molar-refractivity contribution in [2.45, 2.75) is 19.8 Å². The van der Waals surface area contributed by atoms with E-state index in [0.717, 1.165) is 30.2 Å². The molecule has 0 radical (unpaired) electrons. The summed E-state index contributed by atoms with van der Waals surface area (Å²) < 4.78 is 5.73. The van der Waals surface area contributed by atoms with Crippen LogP contribution < -0.4 is 15.0 Å². The topological polar surface area (TPSA) is 96.0 Å². The number of hydrogen-bond acceptors (Lipinski definition) is 6. The Balaban J connectivity index is 1.28. The van der Waals surface area contributed by atoms with Gasteiger partial charge in [0, 0.05) is 24.7 Å². The van der Waals surface area contributed by atoms with Crippen LogP contribution in [-0.2, 0) is 0 Å². The Labute approximate surface area is 169 Å². The molecule has 1 fully saturated rings. The van der Waals surface area contributed by atoms with Gasteiger partial charge < -0.3 is 15.0 Å². The fourth-order valence-electron chi connectivity index (χ4n) is 3.32. The van der Waals surface area contributed by atoms with Crippen molar-refractivity contribution in [1.82, 2.24) is 25.5 Å². The van der Waals surface area contributed by atoms with Gasteiger partial charge in [0.15, 0.2) is 0 Å². The first-order chi connectivity index (χ1) is 14.2. The van der Waals surface area contributed by atoms with Crippen molar-refractivity contribution in [1.29, 1.82) is 0 Å². The molecule has 2 N–H and O–H groups in total. The zero-order chi connectivity index (χ0) is 20.1. The van der Waals surface area contributed by atoms with Crippen LogP contribution in [0.4, 0.5) is 5.82 Å². The van der Waals surface area contributed by atoms with E-state index in [-0.39, 0.29) is 5.91 Å². The molecule has 0 saturated carbocycles. The number of H-pyrrole nitrogens is 1. The van der Waals surface area contributed by atoms with E-state index < -0.39 is 0 Å². The van der Waals surface area contributed by atoms with Crippen LogP contribution in [0, 0.1) is 6.92 Å². The Kier molecular flexibility index (Phi) is 5.69. The van der Waals surface area contributed by atoms with Gasteiger partial charge in [-0.2, -0.15) is 10.1 Å². The number of hydrogen-bond donors (Lipinski definition) is 2. The zero-order valence-corrected chi connectivity index (χ0v) is 16.4. The average molecular weight is 392 g/mol. The number of amides is 1. The molecule has 8 nitrogen and oxygen atoms in total. The molecular weight excluding hydrogens is 368 g/mol. The Morgan fingerprint density at radius 3 is 2.76 bits per heavy atom. The van der Waals surface area contributed by atoms with E-state index in [1.165, 1.54) is 12.8 Å². The number of anilines is 1. The summed E-state index contributed by atoms with van der Waals surface area (Å²) in [5, 5.41) is 9.81. The van der Waals surface area contributed by atoms with Gasteiger partial charge in [0.2, 0.25) is 5.88 Å². The molecule has 2 aromatic heterocycles. The average Bonchev–Trinajstić information content (AvgIpc) is 3.44. The number of ether oxygens (including phenoxy) is 1. The van der Waals surface area contributed by atoms with Crippen LogP contribution in [0.2, 0.25) is 0 Å². The smallest absolute Gasteiger partial charge is 0.269 e. The van der Waals surface area contributed by atoms with E-state index >= 15 is 0 Å². The van der Waals surface area contributed by atoms with Crippen LogP contribution in [0.1, 0.15) is 29.2 Å². The van der Waals surface area contributed by atoms with E-state index in [1.54, 1.807) is 6.07 Å². The van der Waals surface area contributed by atoms with Gasteiger partial charge in [-0.05, 0) is 25.8 Å². The minimum Gasteiger partial charge on any atom is -0.476 e. The van der Waals surface area contributed by atoms with E-state index in [9.17, 15) is 4.79 Å². The maximum atomic E-state index is 12.3. The second-order valence-corrected chi connectivity index (χ2v) is 6.94. The molecule has 0 aliphatic carbocycles. The molecule has 1 aliphatic heterocycles. The molecule has 29 heavy (non-hydrogen) atoms. The summed E-state index contributed by atoms with van der Waals surface area (Å²) in [6.07, 6.45) is 2.37. The summed E-state index contributed by atoms with van der Waals surface area (Å²) in [5.74, 6) is 1.89. The lowest BCUT2D eigenvalue weighted by Crippen LogP contribution is -2.28. The Bertz CT molecular complexity index is 966. The lowest BCUT2D eigenvalue weighted by molar-refractivity contribution is 0.0941. The molecule has 0 spiro atoms. The molecule has 0 bridgehead atoms. The number of aryl methyl sites for hydroxylation is 1. The highest BCUT2D eigenvalue weighted by molar-refractivity contribution is 5.93. The van der Waals surface area contributed by atoms with E-state index in [1.807, 2.05) is 43.3 Å². The number of aromatic amines is 1. The summed E-state index contributed by atoms with van der Waals surface area (Å²) >= 11 is 0. The monoisotopic (exact) mass is 392 g/mol. The summed E-state index contributed by atoms with van der Waals surface area (Å²) in [6, 6.07) is 13.3. The maximum absolute atomic E-state index is 12.3. The molecule has 1 saturated heterocycles.